The second kappa shape index (κ2) is 8.55. The molecule has 5 atom stereocenters. The highest BCUT2D eigenvalue weighted by Gasteiger charge is 2.42. The van der Waals surface area contributed by atoms with E-state index in [0.717, 1.165) is 12.2 Å². The molecule has 31 heavy (non-hydrogen) atoms. The van der Waals surface area contributed by atoms with Gasteiger partial charge in [-0.25, -0.2) is 10.1 Å². The van der Waals surface area contributed by atoms with Crippen molar-refractivity contribution in [3.8, 4) is 0 Å². The van der Waals surface area contributed by atoms with Crippen molar-refractivity contribution in [3.63, 3.8) is 0 Å². The minimum Gasteiger partial charge on any atom is -0.390 e. The number of hydrazine groups is 1. The van der Waals surface area contributed by atoms with Crippen molar-refractivity contribution in [2.24, 2.45) is 11.1 Å². The van der Waals surface area contributed by atoms with Crippen LogP contribution in [0.5, 0.6) is 0 Å². The zero-order valence-corrected chi connectivity index (χ0v) is 17.7. The Kier molecular flexibility index (Phi) is 5.99. The predicted molar refractivity (Wildman–Crippen MR) is 114 cm³/mol. The summed E-state index contributed by atoms with van der Waals surface area (Å²) in [6.45, 7) is 2.63. The molecule has 1 unspecified atom stereocenters. The molecule has 1 fully saturated rings. The lowest BCUT2D eigenvalue weighted by atomic mass is 10.0. The van der Waals surface area contributed by atoms with Crippen molar-refractivity contribution < 1.29 is 22.8 Å². The van der Waals surface area contributed by atoms with Crippen LogP contribution in [0.2, 0.25) is 0 Å². The van der Waals surface area contributed by atoms with Crippen LogP contribution in [0.3, 0.4) is 0 Å². The van der Waals surface area contributed by atoms with Gasteiger partial charge in [-0.15, -0.1) is 0 Å². The third-order valence-corrected chi connectivity index (χ3v) is 6.15. The highest BCUT2D eigenvalue weighted by Crippen LogP contribution is 2.35. The van der Waals surface area contributed by atoms with Crippen LogP contribution in [-0.4, -0.2) is 60.0 Å². The monoisotopic (exact) mass is 450 g/mol. The van der Waals surface area contributed by atoms with Crippen LogP contribution in [0.4, 0.5) is 17.5 Å². The molecular weight excluding hydrogens is 424 g/mol. The maximum Gasteiger partial charge on any atom is 0.333 e. The number of hydrogen-bond donors (Lipinski definition) is 5. The molecule has 2 aromatic rings. The summed E-state index contributed by atoms with van der Waals surface area (Å²) in [5.74, 6) is 0.628. The van der Waals surface area contributed by atoms with E-state index in [4.69, 9.17) is 5.14 Å². The molecule has 11 nitrogen and oxygen atoms in total. The zero-order valence-electron chi connectivity index (χ0n) is 16.9. The number of para-hydroxylation sites is 1. The van der Waals surface area contributed by atoms with E-state index in [2.05, 4.69) is 37.9 Å². The van der Waals surface area contributed by atoms with Gasteiger partial charge in [-0.1, -0.05) is 25.1 Å². The topological polar surface area (TPSA) is 163 Å². The van der Waals surface area contributed by atoms with Crippen LogP contribution in [0.15, 0.2) is 36.5 Å². The number of hydrogen-bond acceptors (Lipinski definition) is 10. The number of aromatic nitrogens is 2. The standard InChI is InChI=1S/C19H26N6O5S/c1-11-9-25(15-5-3-2-4-13(11)15)24-19-21-7-6-16(23-19)22-14-8-12(17(26)18(14)27)10-30-31(20,28)29/h2-7,11-12,14,17-18,26-27H,8-10H2,1H3,(H2,20,28,29)(H2,21,22,23,24)/t11?,12-,14-,17-,18+/m1/s1. The van der Waals surface area contributed by atoms with E-state index in [1.807, 2.05) is 23.2 Å². The number of nitrogens with zero attached hydrogens (tertiary/aromatic N) is 3. The van der Waals surface area contributed by atoms with Gasteiger partial charge in [0.05, 0.1) is 24.4 Å². The number of fused-ring (bicyclic) bond motifs is 1. The fraction of sp³-hybridized carbons (Fsp3) is 0.474. The smallest absolute Gasteiger partial charge is 0.333 e. The number of aliphatic hydroxyl groups is 2. The summed E-state index contributed by atoms with van der Waals surface area (Å²) in [6.07, 6.45) is -0.405. The van der Waals surface area contributed by atoms with E-state index in [9.17, 15) is 18.6 Å². The Morgan fingerprint density at radius 2 is 2.03 bits per heavy atom. The average Bonchev–Trinajstić information content (AvgIpc) is 3.18. The van der Waals surface area contributed by atoms with Gasteiger partial charge in [0.15, 0.2) is 0 Å². The lowest BCUT2D eigenvalue weighted by Crippen LogP contribution is -2.36. The van der Waals surface area contributed by atoms with Gasteiger partial charge in [-0.3, -0.25) is 14.6 Å². The molecule has 0 amide bonds. The molecule has 2 heterocycles. The Morgan fingerprint density at radius 1 is 1.26 bits per heavy atom. The van der Waals surface area contributed by atoms with Gasteiger partial charge in [0.25, 0.3) is 0 Å². The van der Waals surface area contributed by atoms with Crippen LogP contribution >= 0.6 is 0 Å². The molecule has 1 aliphatic heterocycles. The second-order valence-corrected chi connectivity index (χ2v) is 9.17. The Morgan fingerprint density at radius 3 is 2.81 bits per heavy atom. The van der Waals surface area contributed by atoms with E-state index in [-0.39, 0.29) is 13.0 Å². The van der Waals surface area contributed by atoms with Gasteiger partial charge in [0, 0.05) is 24.6 Å². The van der Waals surface area contributed by atoms with Crippen molar-refractivity contribution in [2.45, 2.75) is 37.5 Å². The van der Waals surface area contributed by atoms with Gasteiger partial charge in [0.2, 0.25) is 5.95 Å². The number of anilines is 3. The Labute approximate surface area is 180 Å². The summed E-state index contributed by atoms with van der Waals surface area (Å²) >= 11 is 0. The third kappa shape index (κ3) is 4.88. The van der Waals surface area contributed by atoms with Gasteiger partial charge in [-0.05, 0) is 24.1 Å². The number of benzene rings is 1. The maximum absolute atomic E-state index is 11.0. The van der Waals surface area contributed by atoms with Crippen LogP contribution in [0.25, 0.3) is 0 Å². The first-order chi connectivity index (χ1) is 14.7. The average molecular weight is 451 g/mol. The molecule has 0 bridgehead atoms. The van der Waals surface area contributed by atoms with E-state index < -0.39 is 34.5 Å². The van der Waals surface area contributed by atoms with Gasteiger partial charge >= 0.3 is 10.3 Å². The molecule has 1 saturated carbocycles. The summed E-state index contributed by atoms with van der Waals surface area (Å²) in [4.78, 5) is 8.72. The van der Waals surface area contributed by atoms with Crippen molar-refractivity contribution >= 4 is 27.8 Å². The van der Waals surface area contributed by atoms with E-state index in [1.54, 1.807) is 12.3 Å². The first-order valence-electron chi connectivity index (χ1n) is 9.97. The molecule has 1 aromatic carbocycles. The Hall–Kier alpha value is -2.51. The lowest BCUT2D eigenvalue weighted by Gasteiger charge is -2.22. The van der Waals surface area contributed by atoms with Crippen molar-refractivity contribution in [1.29, 1.82) is 0 Å². The van der Waals surface area contributed by atoms with Crippen molar-refractivity contribution in [3.05, 3.63) is 42.1 Å². The first-order valence-corrected chi connectivity index (χ1v) is 11.4. The van der Waals surface area contributed by atoms with Crippen LogP contribution in [0, 0.1) is 5.92 Å². The molecule has 1 aromatic heterocycles. The SMILES string of the molecule is CC1CN(Nc2nccc(N[C@@H]3C[C@H](COS(N)(=O)=O)[C@@H](O)[C@H]3O)n2)c2ccccc21. The molecule has 12 heteroatoms. The van der Waals surface area contributed by atoms with Gasteiger partial charge < -0.3 is 15.5 Å². The van der Waals surface area contributed by atoms with Gasteiger partial charge in [0.1, 0.15) is 11.9 Å². The zero-order chi connectivity index (χ0) is 22.2. The molecule has 168 valence electrons. The van der Waals surface area contributed by atoms with E-state index in [0.29, 0.717) is 17.7 Å². The van der Waals surface area contributed by atoms with Crippen LogP contribution < -0.4 is 20.9 Å². The minimum atomic E-state index is -4.12. The van der Waals surface area contributed by atoms with E-state index >= 15 is 0 Å². The number of aliphatic hydroxyl groups excluding tert-OH is 2. The highest BCUT2D eigenvalue weighted by atomic mass is 32.2. The summed E-state index contributed by atoms with van der Waals surface area (Å²) in [5, 5.41) is 30.5. The molecule has 4 rings (SSSR count). The van der Waals surface area contributed by atoms with Crippen LogP contribution in [-0.2, 0) is 14.5 Å². The normalized spacial score (nSPS) is 27.9. The van der Waals surface area contributed by atoms with Crippen molar-refractivity contribution in [1.82, 2.24) is 9.97 Å². The molecule has 0 radical (unpaired) electrons. The molecule has 2 aliphatic rings. The molecule has 0 saturated heterocycles. The lowest BCUT2D eigenvalue weighted by molar-refractivity contribution is 0.00778. The quantitative estimate of drug-likeness (QED) is 0.393. The summed E-state index contributed by atoms with van der Waals surface area (Å²) < 4.78 is 26.6. The summed E-state index contributed by atoms with van der Waals surface area (Å²) in [7, 11) is -4.12. The summed E-state index contributed by atoms with van der Waals surface area (Å²) in [5.41, 5.74) is 5.54. The maximum atomic E-state index is 11.0. The highest BCUT2D eigenvalue weighted by molar-refractivity contribution is 7.84. The Balaban J connectivity index is 1.41. The molecule has 6 N–H and O–H groups in total. The minimum absolute atomic E-state index is 0.279. The fourth-order valence-corrected chi connectivity index (χ4v) is 4.51. The van der Waals surface area contributed by atoms with Crippen molar-refractivity contribution in [2.75, 3.05) is 28.9 Å². The third-order valence-electron chi connectivity index (χ3n) is 5.69. The summed E-state index contributed by atoms with van der Waals surface area (Å²) in [6, 6.07) is 9.24. The van der Waals surface area contributed by atoms with Gasteiger partial charge in [-0.2, -0.15) is 13.4 Å². The number of nitrogens with one attached hydrogen (secondary N) is 2. The largest absolute Gasteiger partial charge is 0.390 e. The Bertz CT molecular complexity index is 1040. The molecule has 0 spiro atoms. The number of nitrogens with two attached hydrogens (primary N) is 1. The molecule has 1 aliphatic carbocycles. The predicted octanol–water partition coefficient (Wildman–Crippen LogP) is 0.170. The van der Waals surface area contributed by atoms with Crippen LogP contribution in [0.1, 0.15) is 24.8 Å². The first kappa shape index (κ1) is 21.7. The second-order valence-electron chi connectivity index (χ2n) is 7.95. The van der Waals surface area contributed by atoms with E-state index in [1.165, 1.54) is 5.56 Å². The fourth-order valence-electron chi connectivity index (χ4n) is 4.15. The number of rotatable bonds is 7. The molecular formula is C19H26N6O5S.